The first-order valence-electron chi connectivity index (χ1n) is 7.46. The molecule has 2 N–H and O–H groups in total. The molecule has 128 valence electrons. The molecule has 0 heterocycles. The quantitative estimate of drug-likeness (QED) is 0.373. The van der Waals surface area contributed by atoms with Gasteiger partial charge in [-0.05, 0) is 36.1 Å². The molecule has 1 amide bonds. The molecule has 0 fully saturated rings. The number of hydrogen-bond acceptors (Lipinski definition) is 5. The molecule has 2 rings (SSSR count). The first-order valence-corrected chi connectivity index (χ1v) is 8.68. The summed E-state index contributed by atoms with van der Waals surface area (Å²) in [6.07, 6.45) is 3.63. The van der Waals surface area contributed by atoms with Crippen LogP contribution in [0, 0.1) is 11.5 Å². The van der Waals surface area contributed by atoms with Crippen molar-refractivity contribution in [2.75, 3.05) is 13.4 Å². The van der Waals surface area contributed by atoms with Crippen LogP contribution in [0.15, 0.2) is 53.5 Å². The van der Waals surface area contributed by atoms with E-state index in [0.29, 0.717) is 23.0 Å². The molecule has 0 aliphatic carbocycles. The van der Waals surface area contributed by atoms with Crippen LogP contribution in [-0.2, 0) is 6.54 Å². The van der Waals surface area contributed by atoms with E-state index in [-0.39, 0.29) is 5.91 Å². The van der Waals surface area contributed by atoms with Gasteiger partial charge in [0, 0.05) is 6.54 Å². The second-order valence-electron chi connectivity index (χ2n) is 4.91. The minimum Gasteiger partial charge on any atom is -0.497 e. The van der Waals surface area contributed by atoms with Gasteiger partial charge >= 0.3 is 0 Å². The average Bonchev–Trinajstić information content (AvgIpc) is 2.66. The summed E-state index contributed by atoms with van der Waals surface area (Å²) >= 11 is 1.30. The van der Waals surface area contributed by atoms with E-state index >= 15 is 0 Å². The number of nitrogens with one attached hydrogen (secondary N) is 2. The monoisotopic (exact) mass is 354 g/mol. The van der Waals surface area contributed by atoms with Crippen LogP contribution in [0.3, 0.4) is 0 Å². The van der Waals surface area contributed by atoms with E-state index in [1.165, 1.54) is 11.8 Å². The van der Waals surface area contributed by atoms with Gasteiger partial charge in [-0.2, -0.15) is 5.26 Å². The third-order valence-corrected chi connectivity index (χ3v) is 3.92. The molecule has 0 radical (unpaired) electrons. The minimum atomic E-state index is -0.229. The van der Waals surface area contributed by atoms with Crippen LogP contribution in [0.4, 0.5) is 5.69 Å². The molecule has 0 aromatic heterocycles. The van der Waals surface area contributed by atoms with E-state index in [0.717, 1.165) is 11.3 Å². The van der Waals surface area contributed by atoms with Crippen molar-refractivity contribution in [2.24, 2.45) is 4.99 Å². The Kier molecular flexibility index (Phi) is 6.87. The molecule has 25 heavy (non-hydrogen) atoms. The zero-order valence-corrected chi connectivity index (χ0v) is 14.8. The Balaban J connectivity index is 2.12. The third kappa shape index (κ3) is 5.26. The molecule has 7 heteroatoms. The Hall–Kier alpha value is -2.98. The molecular formula is C18H18N4O2S. The van der Waals surface area contributed by atoms with Crippen molar-refractivity contribution >= 4 is 28.5 Å². The minimum absolute atomic E-state index is 0.229. The second-order valence-corrected chi connectivity index (χ2v) is 5.70. The highest BCUT2D eigenvalue weighted by Gasteiger charge is 2.11. The molecule has 0 aliphatic heterocycles. The van der Waals surface area contributed by atoms with E-state index in [4.69, 9.17) is 10.00 Å². The molecule has 0 saturated heterocycles. The Morgan fingerprint density at radius 2 is 1.96 bits per heavy atom. The van der Waals surface area contributed by atoms with E-state index in [1.54, 1.807) is 37.6 Å². The summed E-state index contributed by atoms with van der Waals surface area (Å²) in [5.74, 6) is 0.539. The fourth-order valence-corrected chi connectivity index (χ4v) is 2.40. The number of ether oxygens (including phenoxy) is 1. The Morgan fingerprint density at radius 3 is 2.60 bits per heavy atom. The number of amidine groups is 1. The maximum Gasteiger partial charge on any atom is 0.253 e. The second kappa shape index (κ2) is 9.35. The smallest absolute Gasteiger partial charge is 0.253 e. The number of amides is 1. The number of carbonyl (C=O) groups excluding carboxylic acids is 1. The number of para-hydroxylation sites is 1. The summed E-state index contributed by atoms with van der Waals surface area (Å²) in [5.41, 5.74) is 1.91. The molecule has 2 aromatic rings. The van der Waals surface area contributed by atoms with Gasteiger partial charge in [-0.25, -0.2) is 4.99 Å². The summed E-state index contributed by atoms with van der Waals surface area (Å²) in [7, 11) is 1.61. The largest absolute Gasteiger partial charge is 0.497 e. The Bertz CT molecular complexity index is 797. The van der Waals surface area contributed by atoms with Gasteiger partial charge in [0.2, 0.25) is 0 Å². The normalized spacial score (nSPS) is 10.7. The van der Waals surface area contributed by atoms with Crippen molar-refractivity contribution in [3.8, 4) is 11.9 Å². The van der Waals surface area contributed by atoms with Crippen molar-refractivity contribution < 1.29 is 9.53 Å². The number of nitrogens with zero attached hydrogens (tertiary/aromatic N) is 2. The maximum absolute atomic E-state index is 12.5. The first-order chi connectivity index (χ1) is 12.2. The molecule has 2 aromatic carbocycles. The van der Waals surface area contributed by atoms with Gasteiger partial charge in [0.15, 0.2) is 11.4 Å². The SMILES string of the molecule is COc1ccc(CNC(=O)c2ccccc2N=C(NC#N)SC)cc1. The highest BCUT2D eigenvalue weighted by atomic mass is 32.2. The highest BCUT2D eigenvalue weighted by Crippen LogP contribution is 2.20. The number of rotatable bonds is 5. The van der Waals surface area contributed by atoms with Gasteiger partial charge in [0.1, 0.15) is 5.75 Å². The van der Waals surface area contributed by atoms with Crippen molar-refractivity contribution in [2.45, 2.75) is 6.54 Å². The Labute approximate surface area is 150 Å². The van der Waals surface area contributed by atoms with E-state index in [9.17, 15) is 4.79 Å². The van der Waals surface area contributed by atoms with Crippen molar-refractivity contribution in [1.29, 1.82) is 5.26 Å². The highest BCUT2D eigenvalue weighted by molar-refractivity contribution is 8.13. The van der Waals surface area contributed by atoms with Crippen LogP contribution < -0.4 is 15.4 Å². The van der Waals surface area contributed by atoms with Gasteiger partial charge in [0.05, 0.1) is 18.4 Å². The molecular weight excluding hydrogens is 336 g/mol. The van der Waals surface area contributed by atoms with Crippen molar-refractivity contribution in [1.82, 2.24) is 10.6 Å². The zero-order valence-electron chi connectivity index (χ0n) is 13.9. The average molecular weight is 354 g/mol. The van der Waals surface area contributed by atoms with Crippen molar-refractivity contribution in [3.63, 3.8) is 0 Å². The van der Waals surface area contributed by atoms with E-state index in [1.807, 2.05) is 30.5 Å². The van der Waals surface area contributed by atoms with Gasteiger partial charge in [0.25, 0.3) is 5.91 Å². The number of methoxy groups -OCH3 is 1. The maximum atomic E-state index is 12.5. The van der Waals surface area contributed by atoms with Crippen LogP contribution in [0.2, 0.25) is 0 Å². The van der Waals surface area contributed by atoms with Gasteiger partial charge in [-0.1, -0.05) is 36.0 Å². The number of aliphatic imine (C=N–C) groups is 1. The number of thioether (sulfide) groups is 1. The van der Waals surface area contributed by atoms with Crippen LogP contribution in [0.25, 0.3) is 0 Å². The molecule has 6 nitrogen and oxygen atoms in total. The number of hydrogen-bond donors (Lipinski definition) is 2. The predicted molar refractivity (Wildman–Crippen MR) is 100.0 cm³/mol. The van der Waals surface area contributed by atoms with E-state index < -0.39 is 0 Å². The first kappa shape index (κ1) is 18.4. The molecule has 0 unspecified atom stereocenters. The number of nitriles is 1. The lowest BCUT2D eigenvalue weighted by Gasteiger charge is -2.09. The molecule has 0 atom stereocenters. The molecule has 0 aliphatic rings. The number of benzene rings is 2. The van der Waals surface area contributed by atoms with Crippen molar-refractivity contribution in [3.05, 3.63) is 59.7 Å². The lowest BCUT2D eigenvalue weighted by molar-refractivity contribution is 0.0951. The number of carbonyl (C=O) groups is 1. The molecule has 0 spiro atoms. The summed E-state index contributed by atoms with van der Waals surface area (Å²) in [6.45, 7) is 0.396. The van der Waals surface area contributed by atoms with Crippen LogP contribution in [0.5, 0.6) is 5.75 Å². The third-order valence-electron chi connectivity index (χ3n) is 3.34. The van der Waals surface area contributed by atoms with Crippen LogP contribution in [0.1, 0.15) is 15.9 Å². The van der Waals surface area contributed by atoms with Crippen LogP contribution in [-0.4, -0.2) is 24.4 Å². The lowest BCUT2D eigenvalue weighted by Crippen LogP contribution is -2.23. The summed E-state index contributed by atoms with van der Waals surface area (Å²) in [5, 5.41) is 14.5. The fraction of sp³-hybridized carbons (Fsp3) is 0.167. The van der Waals surface area contributed by atoms with E-state index in [2.05, 4.69) is 15.6 Å². The van der Waals surface area contributed by atoms with Gasteiger partial charge in [-0.15, -0.1) is 0 Å². The molecule has 0 saturated carbocycles. The lowest BCUT2D eigenvalue weighted by atomic mass is 10.1. The van der Waals surface area contributed by atoms with Crippen LogP contribution >= 0.6 is 11.8 Å². The predicted octanol–water partition coefficient (Wildman–Crippen LogP) is 3.05. The Morgan fingerprint density at radius 1 is 1.24 bits per heavy atom. The summed E-state index contributed by atoms with van der Waals surface area (Å²) in [4.78, 5) is 16.8. The summed E-state index contributed by atoms with van der Waals surface area (Å²) < 4.78 is 5.11. The van der Waals surface area contributed by atoms with Gasteiger partial charge < -0.3 is 10.1 Å². The fourth-order valence-electron chi connectivity index (χ4n) is 2.07. The topological polar surface area (TPSA) is 86.5 Å². The summed E-state index contributed by atoms with van der Waals surface area (Å²) in [6, 6.07) is 14.5. The zero-order chi connectivity index (χ0) is 18.1. The van der Waals surface area contributed by atoms with Gasteiger partial charge in [-0.3, -0.25) is 10.1 Å². The standard InChI is InChI=1S/C18H18N4O2S/c1-24-14-9-7-13(8-10-14)11-20-17(23)15-5-3-4-6-16(15)22-18(25-2)21-12-19/h3-10H,11H2,1-2H3,(H,20,23)(H,21,22). The molecule has 0 bridgehead atoms.